The van der Waals surface area contributed by atoms with E-state index in [0.717, 1.165) is 38.2 Å². The number of nitriles is 1. The summed E-state index contributed by atoms with van der Waals surface area (Å²) in [4.78, 5) is 18.5. The van der Waals surface area contributed by atoms with Crippen molar-refractivity contribution in [2.45, 2.75) is 46.3 Å². The van der Waals surface area contributed by atoms with E-state index >= 15 is 0 Å². The van der Waals surface area contributed by atoms with Crippen LogP contribution in [0, 0.1) is 17.2 Å². The number of rotatable bonds is 8. The van der Waals surface area contributed by atoms with Crippen molar-refractivity contribution in [2.75, 3.05) is 26.7 Å². The fourth-order valence-corrected chi connectivity index (χ4v) is 4.59. The average molecular weight is 461 g/mol. The average Bonchev–Trinajstić information content (AvgIpc) is 2.80. The molecule has 0 bridgehead atoms. The molecule has 1 saturated heterocycles. The first-order valence-electron chi connectivity index (χ1n) is 11.8. The number of hydrogen-bond acceptors (Lipinski definition) is 6. The second kappa shape index (κ2) is 10.3. The fraction of sp³-hybridized carbons (Fsp3) is 0.444. The number of amides is 1. The smallest absolute Gasteiger partial charge is 0.225 e. The summed E-state index contributed by atoms with van der Waals surface area (Å²) >= 11 is 0. The summed E-state index contributed by atoms with van der Waals surface area (Å²) in [6.45, 7) is 8.92. The number of aromatic nitrogens is 1. The van der Waals surface area contributed by atoms with Crippen LogP contribution in [-0.2, 0) is 17.8 Å². The highest BCUT2D eigenvalue weighted by Crippen LogP contribution is 2.34. The number of ether oxygens (including phenoxy) is 2. The van der Waals surface area contributed by atoms with E-state index in [1.165, 1.54) is 22.3 Å². The number of aryl methyl sites for hydroxylation is 1. The second-order valence-electron chi connectivity index (χ2n) is 9.29. The second-order valence-corrected chi connectivity index (χ2v) is 9.29. The van der Waals surface area contributed by atoms with Crippen molar-refractivity contribution in [3.05, 3.63) is 58.4 Å². The molecule has 7 heteroatoms. The first kappa shape index (κ1) is 23.8. The Bertz CT molecular complexity index is 1140. The summed E-state index contributed by atoms with van der Waals surface area (Å²) < 4.78 is 11.6. The van der Waals surface area contributed by atoms with E-state index in [4.69, 9.17) is 9.47 Å². The molecule has 0 spiro atoms. The first-order chi connectivity index (χ1) is 16.4. The molecule has 7 nitrogen and oxygen atoms in total. The maximum absolute atomic E-state index is 11.7. The molecule has 1 aromatic carbocycles. The topological polar surface area (TPSA) is 87.5 Å². The number of pyridine rings is 1. The van der Waals surface area contributed by atoms with E-state index in [9.17, 15) is 10.1 Å². The molecule has 1 aliphatic carbocycles. The number of allylic oxidation sites excluding steroid dienone is 1. The third kappa shape index (κ3) is 5.23. The third-order valence-electron chi connectivity index (χ3n) is 6.49. The molecule has 0 unspecified atom stereocenters. The molecule has 0 radical (unpaired) electrons. The van der Waals surface area contributed by atoms with Crippen molar-refractivity contribution in [3.8, 4) is 17.6 Å². The van der Waals surface area contributed by atoms with Gasteiger partial charge in [-0.05, 0) is 68.5 Å². The predicted octanol–water partition coefficient (Wildman–Crippen LogP) is 3.72. The zero-order valence-corrected chi connectivity index (χ0v) is 20.4. The quantitative estimate of drug-likeness (QED) is 0.646. The molecule has 2 heterocycles. The summed E-state index contributed by atoms with van der Waals surface area (Å²) in [7, 11) is 1.70. The lowest BCUT2D eigenvalue weighted by Gasteiger charge is -2.39. The number of hydrogen-bond donors (Lipinski definition) is 1. The SMILES string of the molecule is CNC(=O)C1CN(CC2=C(C)c3ccc(OCc4cc(C#N)c(OC(C)C)cn4)cc3CC2)C1. The lowest BCUT2D eigenvalue weighted by atomic mass is 9.85. The van der Waals surface area contributed by atoms with Crippen LogP contribution < -0.4 is 14.8 Å². The van der Waals surface area contributed by atoms with Crippen LogP contribution in [0.4, 0.5) is 0 Å². The summed E-state index contributed by atoms with van der Waals surface area (Å²) in [6, 6.07) is 10.1. The Kier molecular flexibility index (Phi) is 7.18. The molecule has 1 aromatic heterocycles. The molecule has 178 valence electrons. The summed E-state index contributed by atoms with van der Waals surface area (Å²) in [5.74, 6) is 1.56. The maximum atomic E-state index is 11.7. The third-order valence-corrected chi connectivity index (χ3v) is 6.49. The minimum absolute atomic E-state index is 0.0186. The van der Waals surface area contributed by atoms with Crippen LogP contribution in [0.3, 0.4) is 0 Å². The van der Waals surface area contributed by atoms with Crippen molar-refractivity contribution in [1.29, 1.82) is 5.26 Å². The molecule has 2 aliphatic rings. The highest BCUT2D eigenvalue weighted by Gasteiger charge is 2.32. The van der Waals surface area contributed by atoms with E-state index in [0.29, 0.717) is 17.0 Å². The molecular weight excluding hydrogens is 428 g/mol. The molecule has 4 rings (SSSR count). The van der Waals surface area contributed by atoms with Gasteiger partial charge in [-0.2, -0.15) is 5.26 Å². The predicted molar refractivity (Wildman–Crippen MR) is 130 cm³/mol. The van der Waals surface area contributed by atoms with Gasteiger partial charge in [0.2, 0.25) is 5.91 Å². The van der Waals surface area contributed by atoms with Crippen LogP contribution >= 0.6 is 0 Å². The van der Waals surface area contributed by atoms with Gasteiger partial charge >= 0.3 is 0 Å². The van der Waals surface area contributed by atoms with Gasteiger partial charge in [-0.1, -0.05) is 11.6 Å². The Morgan fingerprint density at radius 1 is 1.29 bits per heavy atom. The van der Waals surface area contributed by atoms with E-state index in [2.05, 4.69) is 40.3 Å². The van der Waals surface area contributed by atoms with E-state index in [-0.39, 0.29) is 24.5 Å². The van der Waals surface area contributed by atoms with E-state index < -0.39 is 0 Å². The number of nitrogens with zero attached hydrogens (tertiary/aromatic N) is 3. The van der Waals surface area contributed by atoms with Gasteiger partial charge in [0.1, 0.15) is 18.4 Å². The summed E-state index contributed by atoms with van der Waals surface area (Å²) in [6.07, 6.45) is 3.57. The van der Waals surface area contributed by atoms with Crippen LogP contribution in [0.1, 0.15) is 49.6 Å². The molecule has 1 fully saturated rings. The molecule has 0 atom stereocenters. The lowest BCUT2D eigenvalue weighted by molar-refractivity contribution is -0.129. The molecule has 1 aliphatic heterocycles. The van der Waals surface area contributed by atoms with Crippen molar-refractivity contribution in [3.63, 3.8) is 0 Å². The number of fused-ring (bicyclic) bond motifs is 1. The van der Waals surface area contributed by atoms with Gasteiger partial charge in [0.15, 0.2) is 5.75 Å². The lowest BCUT2D eigenvalue weighted by Crippen LogP contribution is -2.53. The van der Waals surface area contributed by atoms with Crippen LogP contribution in [0.25, 0.3) is 5.57 Å². The Labute approximate surface area is 201 Å². The number of carbonyl (C=O) groups is 1. The molecule has 1 N–H and O–H groups in total. The van der Waals surface area contributed by atoms with Crippen molar-refractivity contribution in [1.82, 2.24) is 15.2 Å². The monoisotopic (exact) mass is 460 g/mol. The standard InChI is InChI=1S/C27H32N4O3/c1-17(2)34-26-12-30-23(9-21(26)11-28)16-33-24-7-8-25-18(3)20(6-5-19(25)10-24)13-31-14-22(15-31)27(32)29-4/h7-10,12,17,22H,5-6,13-16H2,1-4H3,(H,29,32). The zero-order valence-electron chi connectivity index (χ0n) is 20.4. The Morgan fingerprint density at radius 2 is 2.09 bits per heavy atom. The Morgan fingerprint density at radius 3 is 2.79 bits per heavy atom. The Balaban J connectivity index is 1.38. The van der Waals surface area contributed by atoms with Gasteiger partial charge in [0.25, 0.3) is 0 Å². The number of likely N-dealkylation sites (tertiary alicyclic amines) is 1. The molecule has 2 aromatic rings. The van der Waals surface area contributed by atoms with Crippen molar-refractivity contribution >= 4 is 11.5 Å². The normalized spacial score (nSPS) is 16.0. The molecule has 1 amide bonds. The summed E-state index contributed by atoms with van der Waals surface area (Å²) in [5.41, 5.74) is 6.50. The summed E-state index contributed by atoms with van der Waals surface area (Å²) in [5, 5.41) is 12.2. The number of nitrogens with one attached hydrogen (secondary N) is 1. The molecular formula is C27H32N4O3. The van der Waals surface area contributed by atoms with Crippen LogP contribution in [0.15, 0.2) is 36.0 Å². The zero-order chi connectivity index (χ0) is 24.2. The van der Waals surface area contributed by atoms with Crippen molar-refractivity contribution < 1.29 is 14.3 Å². The van der Waals surface area contributed by atoms with Gasteiger partial charge in [0, 0.05) is 26.7 Å². The fourth-order valence-electron chi connectivity index (χ4n) is 4.59. The van der Waals surface area contributed by atoms with Crippen LogP contribution in [-0.4, -0.2) is 48.6 Å². The van der Waals surface area contributed by atoms with Gasteiger partial charge in [0.05, 0.1) is 29.5 Å². The maximum Gasteiger partial charge on any atom is 0.225 e. The highest BCUT2D eigenvalue weighted by atomic mass is 16.5. The molecule has 34 heavy (non-hydrogen) atoms. The van der Waals surface area contributed by atoms with Gasteiger partial charge < -0.3 is 14.8 Å². The van der Waals surface area contributed by atoms with E-state index in [1.807, 2.05) is 19.9 Å². The minimum Gasteiger partial charge on any atom is -0.488 e. The largest absolute Gasteiger partial charge is 0.488 e. The van der Waals surface area contributed by atoms with Gasteiger partial charge in [-0.3, -0.25) is 14.7 Å². The van der Waals surface area contributed by atoms with Crippen LogP contribution in [0.2, 0.25) is 0 Å². The minimum atomic E-state index is -0.0186. The first-order valence-corrected chi connectivity index (χ1v) is 11.8. The highest BCUT2D eigenvalue weighted by molar-refractivity contribution is 5.79. The number of carbonyl (C=O) groups excluding carboxylic acids is 1. The Hall–Kier alpha value is -3.37. The van der Waals surface area contributed by atoms with E-state index in [1.54, 1.807) is 19.3 Å². The van der Waals surface area contributed by atoms with Gasteiger partial charge in [-0.25, -0.2) is 0 Å². The van der Waals surface area contributed by atoms with Crippen molar-refractivity contribution in [2.24, 2.45) is 5.92 Å². The van der Waals surface area contributed by atoms with Crippen LogP contribution in [0.5, 0.6) is 11.5 Å². The number of benzene rings is 1. The van der Waals surface area contributed by atoms with Gasteiger partial charge in [-0.15, -0.1) is 0 Å². The molecule has 0 saturated carbocycles.